The molecule has 0 aliphatic carbocycles. The summed E-state index contributed by atoms with van der Waals surface area (Å²) in [5.74, 6) is -2.32. The number of hydrogen-bond acceptors (Lipinski definition) is 8. The van der Waals surface area contributed by atoms with Gasteiger partial charge in [0.05, 0.1) is 40.3 Å². The monoisotopic (exact) mass is 1200 g/mol. The predicted octanol–water partition coefficient (Wildman–Crippen LogP) is 20.1. The van der Waals surface area contributed by atoms with Crippen LogP contribution in [0.5, 0.6) is 0 Å². The average molecular weight is 1200 g/mol. The van der Waals surface area contributed by atoms with E-state index >= 15 is 0 Å². The Morgan fingerprint density at radius 1 is 0.345 bits per heavy atom. The third kappa shape index (κ3) is 68.0. The van der Waals surface area contributed by atoms with Crippen LogP contribution in [0.25, 0.3) is 0 Å². The van der Waals surface area contributed by atoms with Gasteiger partial charge in [0.1, 0.15) is 13.2 Å². The van der Waals surface area contributed by atoms with Crippen molar-refractivity contribution in [3.05, 3.63) is 170 Å². The van der Waals surface area contributed by atoms with Crippen LogP contribution in [-0.4, -0.2) is 82.3 Å². The molecule has 0 aromatic heterocycles. The smallest absolute Gasteiger partial charge is 0.306 e. The van der Waals surface area contributed by atoms with Crippen molar-refractivity contribution in [2.75, 3.05) is 47.5 Å². The number of unbranched alkanes of at least 4 members (excludes halogenated alkanes) is 18. The molecule has 0 amide bonds. The Kier molecular flexibility index (Phi) is 62.5. The molecule has 9 heteroatoms. The number of aliphatic carboxylic acids is 1. The van der Waals surface area contributed by atoms with Gasteiger partial charge in [-0.15, -0.1) is 0 Å². The van der Waals surface area contributed by atoms with E-state index in [1.54, 1.807) is 0 Å². The van der Waals surface area contributed by atoms with E-state index in [4.69, 9.17) is 18.9 Å². The van der Waals surface area contributed by atoms with Crippen LogP contribution in [0.3, 0.4) is 0 Å². The molecule has 0 saturated carbocycles. The van der Waals surface area contributed by atoms with E-state index in [0.29, 0.717) is 17.4 Å². The van der Waals surface area contributed by atoms with E-state index in [-0.39, 0.29) is 38.6 Å². The van der Waals surface area contributed by atoms with Crippen LogP contribution < -0.4 is 5.11 Å². The molecule has 0 N–H and O–H groups in total. The summed E-state index contributed by atoms with van der Waals surface area (Å²) in [6.45, 7) is 4.49. The zero-order valence-corrected chi connectivity index (χ0v) is 55.8. The lowest BCUT2D eigenvalue weighted by Crippen LogP contribution is -2.44. The minimum atomic E-state index is -1.64. The predicted molar refractivity (Wildman–Crippen MR) is 370 cm³/mol. The molecule has 490 valence electrons. The summed E-state index contributed by atoms with van der Waals surface area (Å²) in [6.07, 6.45) is 97.0. The lowest BCUT2D eigenvalue weighted by atomic mass is 10.0. The third-order valence-electron chi connectivity index (χ3n) is 14.0. The van der Waals surface area contributed by atoms with Crippen molar-refractivity contribution >= 4 is 17.9 Å². The van der Waals surface area contributed by atoms with Crippen molar-refractivity contribution in [1.29, 1.82) is 0 Å². The number of hydrogen-bond donors (Lipinski definition) is 0. The molecule has 0 heterocycles. The highest BCUT2D eigenvalue weighted by Gasteiger charge is 2.22. The summed E-state index contributed by atoms with van der Waals surface area (Å²) in [7, 11) is 5.91. The molecule has 0 aromatic rings. The highest BCUT2D eigenvalue weighted by Crippen LogP contribution is 2.15. The van der Waals surface area contributed by atoms with E-state index in [9.17, 15) is 19.5 Å². The molecule has 0 aromatic carbocycles. The molecule has 87 heavy (non-hydrogen) atoms. The zero-order valence-electron chi connectivity index (χ0n) is 55.8. The molecule has 0 rings (SSSR count). The van der Waals surface area contributed by atoms with Crippen LogP contribution >= 0.6 is 0 Å². The molecule has 9 nitrogen and oxygen atoms in total. The van der Waals surface area contributed by atoms with Crippen molar-refractivity contribution < 1.29 is 42.9 Å². The Balaban J connectivity index is 4.24. The molecular formula is C78H125NO8. The van der Waals surface area contributed by atoms with Gasteiger partial charge in [-0.25, -0.2) is 0 Å². The Morgan fingerprint density at radius 3 is 0.920 bits per heavy atom. The third-order valence-corrected chi connectivity index (χ3v) is 14.0. The standard InChI is InChI=1S/C78H125NO8/c1-6-8-10-12-14-16-18-20-22-24-26-28-30-32-33-34-35-36-37-38-39-40-41-42-43-45-47-49-51-53-55-57-59-61-63-65-67-69-76(81)87-74(73-86-78(77(82)83)84-71-70-79(3,4)5)72-85-75(80)68-66-64-62-60-58-56-54-52-50-48-46-44-31-29-27-25-23-21-19-17-15-13-11-9-7-2/h8-11,14-17,20-23,26-29,32-33,35-36,38-39,41-42,45,47,51,53,74,78H,6-7,12-13,18-19,24-25,30-31,34,37,40,43-44,46,48-50,52,54-73H2,1-5H3/b10-8-,11-9-,16-14-,17-15-,22-20-,23-21-,28-26-,29-27-,33-32-,36-35-,39-38-,42-41-,47-45-,53-51-. The number of nitrogens with zero attached hydrogens (tertiary/aromatic N) is 1. The van der Waals surface area contributed by atoms with Gasteiger partial charge in [-0.2, -0.15) is 0 Å². The first-order chi connectivity index (χ1) is 42.6. The lowest BCUT2D eigenvalue weighted by Gasteiger charge is -2.26. The van der Waals surface area contributed by atoms with E-state index in [0.717, 1.165) is 148 Å². The summed E-state index contributed by atoms with van der Waals surface area (Å²) in [5, 5.41) is 11.8. The molecule has 0 fully saturated rings. The Morgan fingerprint density at radius 2 is 0.621 bits per heavy atom. The van der Waals surface area contributed by atoms with Crippen molar-refractivity contribution in [3.8, 4) is 0 Å². The number of rotatable bonds is 61. The topological polar surface area (TPSA) is 111 Å². The fourth-order valence-corrected chi connectivity index (χ4v) is 8.79. The highest BCUT2D eigenvalue weighted by atomic mass is 16.7. The van der Waals surface area contributed by atoms with Crippen LogP contribution in [0, 0.1) is 0 Å². The normalized spacial score (nSPS) is 13.8. The van der Waals surface area contributed by atoms with Gasteiger partial charge in [0, 0.05) is 12.8 Å². The van der Waals surface area contributed by atoms with Crippen molar-refractivity contribution in [2.45, 2.75) is 257 Å². The quantitative estimate of drug-likeness (QED) is 0.0195. The van der Waals surface area contributed by atoms with Crippen LogP contribution in [0.15, 0.2) is 170 Å². The lowest BCUT2D eigenvalue weighted by molar-refractivity contribution is -0.870. The van der Waals surface area contributed by atoms with Gasteiger partial charge in [0.25, 0.3) is 0 Å². The molecule has 0 radical (unpaired) electrons. The summed E-state index contributed by atoms with van der Waals surface area (Å²) in [5.41, 5.74) is 0. The number of carbonyl (C=O) groups is 3. The van der Waals surface area contributed by atoms with E-state index in [1.165, 1.54) is 64.2 Å². The molecular weight excluding hydrogens is 1080 g/mol. The molecule has 0 spiro atoms. The number of carboxylic acid groups (broad SMARTS) is 1. The molecule has 0 saturated heterocycles. The minimum Gasteiger partial charge on any atom is -0.545 e. The molecule has 0 aliphatic heterocycles. The SMILES string of the molecule is CC/C=C\C/C=C\C/C=C\C/C=C\C/C=C\C/C=C\C/C=C\C/C=C\C/C=C\C/C=C\CCCCCCCCC(=O)OC(COC(=O)CCCCCCCCCCCCCC/C=C\C/C=C\C/C=C\C/C=C\CC)COC(OCC[N+](C)(C)C)C(=O)[O-]. The van der Waals surface area contributed by atoms with Crippen molar-refractivity contribution in [1.82, 2.24) is 0 Å². The number of likely N-dealkylation sites (N-methyl/N-ethyl adjacent to an activating group) is 1. The maximum absolute atomic E-state index is 12.9. The second-order valence-electron chi connectivity index (χ2n) is 23.3. The molecule has 2 atom stereocenters. The second kappa shape index (κ2) is 66.6. The van der Waals surface area contributed by atoms with E-state index in [1.807, 2.05) is 21.1 Å². The van der Waals surface area contributed by atoms with Crippen LogP contribution in [-0.2, 0) is 33.3 Å². The summed E-state index contributed by atoms with van der Waals surface area (Å²) >= 11 is 0. The first-order valence-corrected chi connectivity index (χ1v) is 34.3. The molecule has 2 unspecified atom stereocenters. The first-order valence-electron chi connectivity index (χ1n) is 34.3. The summed E-state index contributed by atoms with van der Waals surface area (Å²) < 4.78 is 22.8. The van der Waals surface area contributed by atoms with Gasteiger partial charge in [-0.1, -0.05) is 274 Å². The number of carbonyl (C=O) groups excluding carboxylic acids is 3. The van der Waals surface area contributed by atoms with Gasteiger partial charge in [-0.05, 0) is 128 Å². The fraction of sp³-hybridized carbons (Fsp3) is 0.603. The zero-order chi connectivity index (χ0) is 63.3. The van der Waals surface area contributed by atoms with Crippen LogP contribution in [0.1, 0.15) is 245 Å². The fourth-order valence-electron chi connectivity index (χ4n) is 8.79. The Hall–Kier alpha value is -5.35. The maximum Gasteiger partial charge on any atom is 0.306 e. The second-order valence-corrected chi connectivity index (χ2v) is 23.3. The van der Waals surface area contributed by atoms with Crippen LogP contribution in [0.2, 0.25) is 0 Å². The summed E-state index contributed by atoms with van der Waals surface area (Å²) in [6, 6.07) is 0. The van der Waals surface area contributed by atoms with Gasteiger partial charge >= 0.3 is 11.9 Å². The number of allylic oxidation sites excluding steroid dienone is 28. The van der Waals surface area contributed by atoms with E-state index in [2.05, 4.69) is 184 Å². The average Bonchev–Trinajstić information content (AvgIpc) is 3.57. The largest absolute Gasteiger partial charge is 0.545 e. The number of carboxylic acids is 1. The van der Waals surface area contributed by atoms with Gasteiger partial charge in [0.2, 0.25) is 0 Å². The molecule has 0 bridgehead atoms. The maximum atomic E-state index is 12.9. The minimum absolute atomic E-state index is 0.135. The Labute approximate surface area is 533 Å². The Bertz CT molecular complexity index is 2030. The number of quaternary nitrogens is 1. The summed E-state index contributed by atoms with van der Waals surface area (Å²) in [4.78, 5) is 37.5. The van der Waals surface area contributed by atoms with Gasteiger partial charge in [-0.3, -0.25) is 9.59 Å². The van der Waals surface area contributed by atoms with Crippen LogP contribution in [0.4, 0.5) is 0 Å². The van der Waals surface area contributed by atoms with E-state index < -0.39 is 24.3 Å². The van der Waals surface area contributed by atoms with Gasteiger partial charge < -0.3 is 33.3 Å². The van der Waals surface area contributed by atoms with Crippen molar-refractivity contribution in [3.63, 3.8) is 0 Å². The molecule has 0 aliphatic rings. The number of ether oxygens (including phenoxy) is 4. The highest BCUT2D eigenvalue weighted by molar-refractivity contribution is 5.70. The number of esters is 2. The van der Waals surface area contributed by atoms with Crippen molar-refractivity contribution in [2.24, 2.45) is 0 Å². The first kappa shape index (κ1) is 81.7. The van der Waals surface area contributed by atoms with Gasteiger partial charge in [0.15, 0.2) is 12.4 Å².